The number of aliphatic imine (C=N–C) groups is 1. The quantitative estimate of drug-likeness (QED) is 0.478. The number of allylic oxidation sites excluding steroid dienone is 2. The van der Waals surface area contributed by atoms with E-state index in [9.17, 15) is 0 Å². The maximum Gasteiger partial charge on any atom is 0.0636 e. The van der Waals surface area contributed by atoms with Crippen LogP contribution in [0.2, 0.25) is 0 Å². The van der Waals surface area contributed by atoms with E-state index in [1.807, 2.05) is 12.3 Å². The van der Waals surface area contributed by atoms with Gasteiger partial charge in [-0.15, -0.1) is 6.42 Å². The van der Waals surface area contributed by atoms with Gasteiger partial charge in [0, 0.05) is 18.0 Å². The van der Waals surface area contributed by atoms with E-state index in [4.69, 9.17) is 6.42 Å². The van der Waals surface area contributed by atoms with Gasteiger partial charge in [0.25, 0.3) is 0 Å². The second-order valence-electron chi connectivity index (χ2n) is 2.45. The molecule has 0 radical (unpaired) electrons. The molecule has 0 N–H and O–H groups in total. The van der Waals surface area contributed by atoms with E-state index in [1.54, 1.807) is 0 Å². The van der Waals surface area contributed by atoms with Crippen LogP contribution in [0.25, 0.3) is 0 Å². The Morgan fingerprint density at radius 2 is 2.50 bits per heavy atom. The Morgan fingerprint density at radius 1 is 1.67 bits per heavy atom. The Balaban J connectivity index is 2.85. The molecule has 0 aliphatic carbocycles. The normalized spacial score (nSPS) is 23.0. The predicted octanol–water partition coefficient (Wildman–Crippen LogP) is 2.34. The first-order valence-corrected chi connectivity index (χ1v) is 4.89. The summed E-state index contributed by atoms with van der Waals surface area (Å²) in [6, 6.07) is 0. The number of hydrogen-bond acceptors (Lipinski definition) is 1. The summed E-state index contributed by atoms with van der Waals surface area (Å²) in [5.41, 5.74) is 2.46. The molecule has 62 valence electrons. The predicted molar refractivity (Wildman–Crippen MR) is 56.8 cm³/mol. The van der Waals surface area contributed by atoms with Gasteiger partial charge in [-0.25, -0.2) is 0 Å². The van der Waals surface area contributed by atoms with Crippen molar-refractivity contribution in [2.75, 3.05) is 11.9 Å². The van der Waals surface area contributed by atoms with Gasteiger partial charge in [0.2, 0.25) is 0 Å². The maximum absolute atomic E-state index is 5.21. The molecular weight excluding hydrogens is 214 g/mol. The van der Waals surface area contributed by atoms with Gasteiger partial charge < -0.3 is 0 Å². The number of hydrogen-bond donors (Lipinski definition) is 0. The van der Waals surface area contributed by atoms with E-state index in [-0.39, 0.29) is 0 Å². The van der Waals surface area contributed by atoms with Crippen LogP contribution in [-0.2, 0) is 0 Å². The lowest BCUT2D eigenvalue weighted by atomic mass is 10.0. The van der Waals surface area contributed by atoms with Crippen LogP contribution in [0.1, 0.15) is 6.42 Å². The highest BCUT2D eigenvalue weighted by Gasteiger charge is 2.06. The van der Waals surface area contributed by atoms with E-state index in [1.165, 1.54) is 11.1 Å². The Bertz CT molecular complexity index is 279. The van der Waals surface area contributed by atoms with Gasteiger partial charge in [0.1, 0.15) is 0 Å². The molecule has 0 bridgehead atoms. The van der Waals surface area contributed by atoms with Crippen molar-refractivity contribution >= 4 is 22.1 Å². The number of rotatable bonds is 1. The molecule has 0 atom stereocenters. The van der Waals surface area contributed by atoms with Gasteiger partial charge in [-0.3, -0.25) is 4.99 Å². The van der Waals surface area contributed by atoms with Crippen LogP contribution >= 0.6 is 15.9 Å². The minimum Gasteiger partial charge on any atom is -0.292 e. The van der Waals surface area contributed by atoms with Crippen LogP contribution in [0.3, 0.4) is 0 Å². The highest BCUT2D eigenvalue weighted by Crippen LogP contribution is 2.17. The molecule has 1 aliphatic rings. The number of alkyl halides is 1. The number of nitrogens with zero attached hydrogens (tertiary/aromatic N) is 1. The summed E-state index contributed by atoms with van der Waals surface area (Å²) < 4.78 is 0. The fraction of sp³-hybridized carbons (Fsp3) is 0.300. The van der Waals surface area contributed by atoms with Crippen molar-refractivity contribution in [3.05, 3.63) is 23.3 Å². The van der Waals surface area contributed by atoms with Crippen molar-refractivity contribution in [3.63, 3.8) is 0 Å². The SMILES string of the molecule is C#C/C=C1/CC=NC/C1=C/CBr. The molecule has 0 amide bonds. The molecule has 0 spiro atoms. The highest BCUT2D eigenvalue weighted by molar-refractivity contribution is 9.09. The first kappa shape index (κ1) is 9.28. The van der Waals surface area contributed by atoms with E-state index in [2.05, 4.69) is 32.9 Å². The van der Waals surface area contributed by atoms with Gasteiger partial charge >= 0.3 is 0 Å². The van der Waals surface area contributed by atoms with Crippen LogP contribution < -0.4 is 0 Å². The van der Waals surface area contributed by atoms with E-state index < -0.39 is 0 Å². The average molecular weight is 224 g/mol. The van der Waals surface area contributed by atoms with Crippen molar-refractivity contribution in [2.45, 2.75) is 6.42 Å². The minimum atomic E-state index is 0.763. The van der Waals surface area contributed by atoms with Crippen LogP contribution in [0.5, 0.6) is 0 Å². The fourth-order valence-electron chi connectivity index (χ4n) is 1.10. The van der Waals surface area contributed by atoms with Gasteiger partial charge in [-0.2, -0.15) is 0 Å². The molecule has 0 aromatic rings. The molecule has 1 heterocycles. The second-order valence-corrected chi connectivity index (χ2v) is 3.09. The summed E-state index contributed by atoms with van der Waals surface area (Å²) in [7, 11) is 0. The van der Waals surface area contributed by atoms with Crippen LogP contribution in [0, 0.1) is 12.3 Å². The molecule has 0 aromatic heterocycles. The Kier molecular flexibility index (Phi) is 3.83. The third kappa shape index (κ3) is 2.35. The van der Waals surface area contributed by atoms with Crippen molar-refractivity contribution in [3.8, 4) is 12.3 Å². The zero-order valence-electron chi connectivity index (χ0n) is 6.76. The van der Waals surface area contributed by atoms with Crippen LogP contribution in [0.15, 0.2) is 28.3 Å². The topological polar surface area (TPSA) is 12.4 Å². The third-order valence-electron chi connectivity index (χ3n) is 1.70. The lowest BCUT2D eigenvalue weighted by Gasteiger charge is -2.11. The van der Waals surface area contributed by atoms with Crippen molar-refractivity contribution in [1.29, 1.82) is 0 Å². The van der Waals surface area contributed by atoms with Crippen molar-refractivity contribution in [1.82, 2.24) is 0 Å². The zero-order chi connectivity index (χ0) is 8.81. The first-order chi connectivity index (χ1) is 5.88. The number of halogens is 1. The highest BCUT2D eigenvalue weighted by atomic mass is 79.9. The molecule has 2 heteroatoms. The number of terminal acetylenes is 1. The summed E-state index contributed by atoms with van der Waals surface area (Å²) in [6.45, 7) is 0.763. The molecule has 1 rings (SSSR count). The summed E-state index contributed by atoms with van der Waals surface area (Å²) in [5.74, 6) is 2.55. The molecule has 1 nitrogen and oxygen atoms in total. The zero-order valence-corrected chi connectivity index (χ0v) is 8.34. The van der Waals surface area contributed by atoms with Gasteiger partial charge in [0.05, 0.1) is 6.54 Å². The van der Waals surface area contributed by atoms with Crippen LogP contribution in [0.4, 0.5) is 0 Å². The minimum absolute atomic E-state index is 0.763. The molecule has 0 aromatic carbocycles. The molecular formula is C10H10BrN. The van der Waals surface area contributed by atoms with Gasteiger partial charge in [0.15, 0.2) is 0 Å². The van der Waals surface area contributed by atoms with Gasteiger partial charge in [-0.1, -0.05) is 27.9 Å². The monoisotopic (exact) mass is 223 g/mol. The molecule has 0 fully saturated rings. The Labute approximate surface area is 81.4 Å². The largest absolute Gasteiger partial charge is 0.292 e. The molecule has 0 saturated carbocycles. The summed E-state index contributed by atoms with van der Waals surface area (Å²) >= 11 is 3.36. The molecule has 1 aliphatic heterocycles. The third-order valence-corrected chi connectivity index (χ3v) is 2.02. The standard InChI is InChI=1S/C10H10BrN/c1-2-3-9-5-7-12-8-10(9)4-6-11/h1,3-4,7H,5-6,8H2/b9-3-,10-4-. The summed E-state index contributed by atoms with van der Waals surface area (Å²) in [5, 5.41) is 0.861. The van der Waals surface area contributed by atoms with Crippen LogP contribution in [-0.4, -0.2) is 18.1 Å². The maximum atomic E-state index is 5.21. The van der Waals surface area contributed by atoms with E-state index in [0.29, 0.717) is 0 Å². The van der Waals surface area contributed by atoms with E-state index >= 15 is 0 Å². The summed E-state index contributed by atoms with van der Waals surface area (Å²) in [4.78, 5) is 4.19. The van der Waals surface area contributed by atoms with E-state index in [0.717, 1.165) is 18.3 Å². The smallest absolute Gasteiger partial charge is 0.0636 e. The first-order valence-electron chi connectivity index (χ1n) is 3.77. The second kappa shape index (κ2) is 4.95. The Morgan fingerprint density at radius 3 is 3.17 bits per heavy atom. The van der Waals surface area contributed by atoms with Crippen molar-refractivity contribution < 1.29 is 0 Å². The summed E-state index contributed by atoms with van der Waals surface area (Å²) in [6.07, 6.45) is 11.9. The van der Waals surface area contributed by atoms with Crippen molar-refractivity contribution in [2.24, 2.45) is 4.99 Å². The molecule has 0 saturated heterocycles. The lowest BCUT2D eigenvalue weighted by Crippen LogP contribution is -2.02. The fourth-order valence-corrected chi connectivity index (χ4v) is 1.49. The lowest BCUT2D eigenvalue weighted by molar-refractivity contribution is 1.07. The molecule has 0 unspecified atom stereocenters. The molecule has 12 heavy (non-hydrogen) atoms. The Hall–Kier alpha value is -0.810. The van der Waals surface area contributed by atoms with Gasteiger partial charge in [-0.05, 0) is 17.2 Å². The average Bonchev–Trinajstić information content (AvgIpc) is 2.09.